The Kier molecular flexibility index (Phi) is 4.58. The Morgan fingerprint density at radius 2 is 2.00 bits per heavy atom. The third-order valence-electron chi connectivity index (χ3n) is 3.63. The van der Waals surface area contributed by atoms with Gasteiger partial charge in [0.15, 0.2) is 0 Å². The van der Waals surface area contributed by atoms with Crippen molar-refractivity contribution >= 4 is 16.8 Å². The first-order valence-electron chi connectivity index (χ1n) is 7.25. The number of benzene rings is 1. The molecule has 0 aliphatic rings. The molecule has 0 saturated carbocycles. The van der Waals surface area contributed by atoms with Crippen LogP contribution in [0, 0.1) is 5.41 Å². The summed E-state index contributed by atoms with van der Waals surface area (Å²) in [6, 6.07) is 9.58. The first-order chi connectivity index (χ1) is 9.89. The molecule has 0 fully saturated rings. The zero-order chi connectivity index (χ0) is 15.5. The standard InChI is InChI=1S/C17H23N3O/c1-17(2,3)15(18)16(21)20-11-9-13-7-4-6-12-8-5-10-19-14(12)13/h4-8,10,15H,9,11,18H2,1-3H3,(H,20,21)/t15-/m1/s1. The lowest BCUT2D eigenvalue weighted by atomic mass is 9.87. The lowest BCUT2D eigenvalue weighted by Crippen LogP contribution is -2.49. The molecule has 4 heteroatoms. The van der Waals surface area contributed by atoms with Crippen LogP contribution in [-0.2, 0) is 11.2 Å². The van der Waals surface area contributed by atoms with Crippen molar-refractivity contribution in [2.75, 3.05) is 6.54 Å². The van der Waals surface area contributed by atoms with Gasteiger partial charge < -0.3 is 11.1 Å². The van der Waals surface area contributed by atoms with Crippen molar-refractivity contribution in [2.24, 2.45) is 11.1 Å². The van der Waals surface area contributed by atoms with Gasteiger partial charge in [0.1, 0.15) is 0 Å². The SMILES string of the molecule is CC(C)(C)[C@H](N)C(=O)NCCc1cccc2cccnc12. The first-order valence-corrected chi connectivity index (χ1v) is 7.25. The molecule has 3 N–H and O–H groups in total. The summed E-state index contributed by atoms with van der Waals surface area (Å²) in [5.41, 5.74) is 7.84. The summed E-state index contributed by atoms with van der Waals surface area (Å²) in [5, 5.41) is 4.03. The molecule has 0 radical (unpaired) electrons. The highest BCUT2D eigenvalue weighted by atomic mass is 16.2. The zero-order valence-corrected chi connectivity index (χ0v) is 12.9. The molecule has 0 unspecified atom stereocenters. The number of aromatic nitrogens is 1. The highest BCUT2D eigenvalue weighted by molar-refractivity contribution is 5.83. The normalized spacial score (nSPS) is 13.1. The minimum absolute atomic E-state index is 0.101. The molecule has 2 aromatic rings. The largest absolute Gasteiger partial charge is 0.354 e. The Labute approximate surface area is 125 Å². The van der Waals surface area contributed by atoms with Crippen molar-refractivity contribution in [1.82, 2.24) is 10.3 Å². The third kappa shape index (κ3) is 3.79. The van der Waals surface area contributed by atoms with E-state index in [2.05, 4.69) is 10.3 Å². The van der Waals surface area contributed by atoms with Crippen LogP contribution in [0.15, 0.2) is 36.5 Å². The summed E-state index contributed by atoms with van der Waals surface area (Å²) in [6.45, 7) is 6.46. The highest BCUT2D eigenvalue weighted by Crippen LogP contribution is 2.18. The molecule has 4 nitrogen and oxygen atoms in total. The lowest BCUT2D eigenvalue weighted by molar-refractivity contribution is -0.124. The van der Waals surface area contributed by atoms with Gasteiger partial charge in [0.2, 0.25) is 5.91 Å². The number of carbonyl (C=O) groups is 1. The number of fused-ring (bicyclic) bond motifs is 1. The number of hydrogen-bond donors (Lipinski definition) is 2. The minimum Gasteiger partial charge on any atom is -0.354 e. The molecule has 1 atom stereocenters. The number of pyridine rings is 1. The summed E-state index contributed by atoms with van der Waals surface area (Å²) < 4.78 is 0. The van der Waals surface area contributed by atoms with Crippen LogP contribution >= 0.6 is 0 Å². The van der Waals surface area contributed by atoms with Gasteiger partial charge in [-0.15, -0.1) is 0 Å². The van der Waals surface area contributed by atoms with Gasteiger partial charge in [0.25, 0.3) is 0 Å². The van der Waals surface area contributed by atoms with Gasteiger partial charge in [-0.05, 0) is 23.5 Å². The number of hydrogen-bond acceptors (Lipinski definition) is 3. The van der Waals surface area contributed by atoms with Crippen molar-refractivity contribution < 1.29 is 4.79 Å². The zero-order valence-electron chi connectivity index (χ0n) is 12.9. The van der Waals surface area contributed by atoms with Gasteiger partial charge in [-0.3, -0.25) is 9.78 Å². The Morgan fingerprint density at radius 3 is 2.71 bits per heavy atom. The van der Waals surface area contributed by atoms with Crippen LogP contribution in [0.5, 0.6) is 0 Å². The number of nitrogens with two attached hydrogens (primary N) is 1. The van der Waals surface area contributed by atoms with Crippen molar-refractivity contribution in [2.45, 2.75) is 33.2 Å². The molecule has 1 aromatic heterocycles. The fourth-order valence-electron chi connectivity index (χ4n) is 2.19. The van der Waals surface area contributed by atoms with Crippen LogP contribution in [0.1, 0.15) is 26.3 Å². The van der Waals surface area contributed by atoms with Crippen molar-refractivity contribution in [3.05, 3.63) is 42.1 Å². The molecule has 0 spiro atoms. The smallest absolute Gasteiger partial charge is 0.237 e. The number of para-hydroxylation sites is 1. The molecule has 1 heterocycles. The van der Waals surface area contributed by atoms with Crippen LogP contribution in [0.2, 0.25) is 0 Å². The monoisotopic (exact) mass is 285 g/mol. The molecule has 2 rings (SSSR count). The Balaban J connectivity index is 1.98. The van der Waals surface area contributed by atoms with Gasteiger partial charge in [0, 0.05) is 18.1 Å². The predicted octanol–water partition coefficient (Wildman–Crippen LogP) is 2.27. The molecule has 1 amide bonds. The second-order valence-corrected chi connectivity index (χ2v) is 6.38. The van der Waals surface area contributed by atoms with Gasteiger partial charge in [-0.2, -0.15) is 0 Å². The Hall–Kier alpha value is -1.94. The van der Waals surface area contributed by atoms with Crippen molar-refractivity contribution in [3.8, 4) is 0 Å². The predicted molar refractivity (Wildman–Crippen MR) is 85.9 cm³/mol. The summed E-state index contributed by atoms with van der Waals surface area (Å²) in [6.07, 6.45) is 2.54. The summed E-state index contributed by atoms with van der Waals surface area (Å²) in [4.78, 5) is 16.4. The van der Waals surface area contributed by atoms with E-state index in [9.17, 15) is 4.79 Å². The van der Waals surface area contributed by atoms with Gasteiger partial charge in [-0.25, -0.2) is 0 Å². The van der Waals surface area contributed by atoms with Crippen LogP contribution in [-0.4, -0.2) is 23.5 Å². The molecule has 112 valence electrons. The quantitative estimate of drug-likeness (QED) is 0.905. The van der Waals surface area contributed by atoms with E-state index in [-0.39, 0.29) is 11.3 Å². The maximum Gasteiger partial charge on any atom is 0.237 e. The summed E-state index contributed by atoms with van der Waals surface area (Å²) in [5.74, 6) is -0.101. The van der Waals surface area contributed by atoms with E-state index in [1.54, 1.807) is 6.20 Å². The Morgan fingerprint density at radius 1 is 1.29 bits per heavy atom. The van der Waals surface area contributed by atoms with Gasteiger partial charge >= 0.3 is 0 Å². The van der Waals surface area contributed by atoms with Crippen LogP contribution in [0.3, 0.4) is 0 Å². The molecule has 0 bridgehead atoms. The minimum atomic E-state index is -0.497. The maximum atomic E-state index is 12.0. The lowest BCUT2D eigenvalue weighted by Gasteiger charge is -2.25. The van der Waals surface area contributed by atoms with E-state index in [0.29, 0.717) is 6.54 Å². The van der Waals surface area contributed by atoms with Crippen molar-refractivity contribution in [1.29, 1.82) is 0 Å². The number of nitrogens with one attached hydrogen (secondary N) is 1. The van der Waals surface area contributed by atoms with E-state index in [1.807, 2.05) is 51.1 Å². The van der Waals surface area contributed by atoms with Crippen molar-refractivity contribution in [3.63, 3.8) is 0 Å². The Bertz CT molecular complexity index is 626. The average molecular weight is 285 g/mol. The highest BCUT2D eigenvalue weighted by Gasteiger charge is 2.26. The fourth-order valence-corrected chi connectivity index (χ4v) is 2.19. The number of amides is 1. The molecular weight excluding hydrogens is 262 g/mol. The van der Waals surface area contributed by atoms with Crippen LogP contribution < -0.4 is 11.1 Å². The van der Waals surface area contributed by atoms with E-state index in [1.165, 1.54) is 0 Å². The van der Waals surface area contributed by atoms with Crippen LogP contribution in [0.25, 0.3) is 10.9 Å². The molecule has 0 aliphatic carbocycles. The third-order valence-corrected chi connectivity index (χ3v) is 3.63. The second-order valence-electron chi connectivity index (χ2n) is 6.38. The van der Waals surface area contributed by atoms with E-state index in [0.717, 1.165) is 22.9 Å². The average Bonchev–Trinajstić information content (AvgIpc) is 2.45. The second kappa shape index (κ2) is 6.22. The molecule has 1 aromatic carbocycles. The van der Waals surface area contributed by atoms with E-state index < -0.39 is 6.04 Å². The molecule has 0 saturated heterocycles. The fraction of sp³-hybridized carbons (Fsp3) is 0.412. The molecule has 0 aliphatic heterocycles. The summed E-state index contributed by atoms with van der Waals surface area (Å²) in [7, 11) is 0. The molecular formula is C17H23N3O. The van der Waals surface area contributed by atoms with Gasteiger partial charge in [-0.1, -0.05) is 45.0 Å². The van der Waals surface area contributed by atoms with Gasteiger partial charge in [0.05, 0.1) is 11.6 Å². The number of nitrogens with zero attached hydrogens (tertiary/aromatic N) is 1. The van der Waals surface area contributed by atoms with Crippen LogP contribution in [0.4, 0.5) is 0 Å². The van der Waals surface area contributed by atoms with E-state index >= 15 is 0 Å². The maximum absolute atomic E-state index is 12.0. The summed E-state index contributed by atoms with van der Waals surface area (Å²) >= 11 is 0. The first kappa shape index (κ1) is 15.4. The number of rotatable bonds is 4. The number of carbonyl (C=O) groups excluding carboxylic acids is 1. The topological polar surface area (TPSA) is 68.0 Å². The van der Waals surface area contributed by atoms with E-state index in [4.69, 9.17) is 5.73 Å². The molecule has 21 heavy (non-hydrogen) atoms.